The summed E-state index contributed by atoms with van der Waals surface area (Å²) in [4.78, 5) is 13.7. The highest BCUT2D eigenvalue weighted by Crippen LogP contribution is 2.21. The van der Waals surface area contributed by atoms with Gasteiger partial charge in [0.2, 0.25) is 0 Å². The molecule has 0 bridgehead atoms. The summed E-state index contributed by atoms with van der Waals surface area (Å²) in [6.45, 7) is 10.2. The fraction of sp³-hybridized carbons (Fsp3) is 0.588. The van der Waals surface area contributed by atoms with Gasteiger partial charge in [-0.2, -0.15) is 0 Å². The van der Waals surface area contributed by atoms with Crippen LogP contribution >= 0.6 is 0 Å². The Kier molecular flexibility index (Phi) is 4.81. The lowest BCUT2D eigenvalue weighted by Crippen LogP contribution is -3.17. The van der Waals surface area contributed by atoms with Crippen molar-refractivity contribution in [3.8, 4) is 0 Å². The van der Waals surface area contributed by atoms with Crippen molar-refractivity contribution in [2.75, 3.05) is 18.4 Å². The fourth-order valence-electron chi connectivity index (χ4n) is 3.28. The number of piperidine rings is 1. The van der Waals surface area contributed by atoms with Crippen molar-refractivity contribution in [1.29, 1.82) is 0 Å². The first-order valence-electron chi connectivity index (χ1n) is 7.69. The lowest BCUT2D eigenvalue weighted by Gasteiger charge is -2.29. The van der Waals surface area contributed by atoms with Gasteiger partial charge in [0.05, 0.1) is 12.6 Å². The van der Waals surface area contributed by atoms with E-state index >= 15 is 0 Å². The summed E-state index contributed by atoms with van der Waals surface area (Å²) in [5.74, 6) is 0.142. The van der Waals surface area contributed by atoms with Crippen LogP contribution in [0.2, 0.25) is 0 Å². The minimum atomic E-state index is 0.142. The van der Waals surface area contributed by atoms with Crippen molar-refractivity contribution >= 4 is 11.6 Å². The molecule has 3 heteroatoms. The Morgan fingerprint density at radius 3 is 2.50 bits per heavy atom. The molecule has 1 saturated heterocycles. The number of anilines is 1. The monoisotopic (exact) mass is 275 g/mol. The maximum absolute atomic E-state index is 12.3. The average Bonchev–Trinajstić information content (AvgIpc) is 2.36. The van der Waals surface area contributed by atoms with Crippen molar-refractivity contribution in [2.24, 2.45) is 0 Å². The Labute approximate surface area is 122 Å². The van der Waals surface area contributed by atoms with Gasteiger partial charge < -0.3 is 10.2 Å². The van der Waals surface area contributed by atoms with Crippen molar-refractivity contribution < 1.29 is 9.69 Å². The number of hydrogen-bond donors (Lipinski definition) is 2. The fourth-order valence-corrected chi connectivity index (χ4v) is 3.28. The maximum Gasteiger partial charge on any atom is 0.279 e. The van der Waals surface area contributed by atoms with Crippen molar-refractivity contribution in [3.63, 3.8) is 0 Å². The Morgan fingerprint density at radius 2 is 1.90 bits per heavy atom. The number of amides is 1. The third-order valence-corrected chi connectivity index (χ3v) is 4.41. The Bertz CT molecular complexity index is 473. The third kappa shape index (κ3) is 3.60. The average molecular weight is 275 g/mol. The molecule has 20 heavy (non-hydrogen) atoms. The lowest BCUT2D eigenvalue weighted by atomic mass is 10.0. The molecular formula is C17H27N2O+. The van der Waals surface area contributed by atoms with Crippen molar-refractivity contribution in [3.05, 3.63) is 28.8 Å². The van der Waals surface area contributed by atoms with Crippen LogP contribution in [0.25, 0.3) is 0 Å². The minimum absolute atomic E-state index is 0.142. The Balaban J connectivity index is 2.01. The number of aryl methyl sites for hydroxylation is 3. The molecule has 1 heterocycles. The number of rotatable bonds is 3. The molecule has 1 aliphatic heterocycles. The SMILES string of the molecule is Cc1cc(C)c(NC(=O)C[NH+]2CCCC[C@H]2C)c(C)c1. The van der Waals surface area contributed by atoms with Gasteiger partial charge in [-0.05, 0) is 58.1 Å². The molecule has 0 spiro atoms. The van der Waals surface area contributed by atoms with Crippen LogP contribution in [0.3, 0.4) is 0 Å². The highest BCUT2D eigenvalue weighted by atomic mass is 16.2. The topological polar surface area (TPSA) is 33.5 Å². The highest BCUT2D eigenvalue weighted by molar-refractivity contribution is 5.93. The van der Waals surface area contributed by atoms with E-state index in [1.54, 1.807) is 0 Å². The van der Waals surface area contributed by atoms with E-state index in [4.69, 9.17) is 0 Å². The second-order valence-corrected chi connectivity index (χ2v) is 6.30. The molecule has 1 fully saturated rings. The van der Waals surface area contributed by atoms with Gasteiger partial charge in [0.1, 0.15) is 0 Å². The number of carbonyl (C=O) groups is 1. The van der Waals surface area contributed by atoms with E-state index in [0.717, 1.165) is 23.4 Å². The van der Waals surface area contributed by atoms with E-state index in [1.165, 1.54) is 29.7 Å². The molecule has 0 saturated carbocycles. The van der Waals surface area contributed by atoms with E-state index in [1.807, 2.05) is 0 Å². The number of quaternary nitrogens is 1. The smallest absolute Gasteiger partial charge is 0.279 e. The highest BCUT2D eigenvalue weighted by Gasteiger charge is 2.24. The quantitative estimate of drug-likeness (QED) is 0.869. The van der Waals surface area contributed by atoms with Gasteiger partial charge in [-0.3, -0.25) is 4.79 Å². The van der Waals surface area contributed by atoms with Crippen LogP contribution in [0.5, 0.6) is 0 Å². The van der Waals surface area contributed by atoms with Crippen LogP contribution in [0.1, 0.15) is 42.9 Å². The molecule has 0 radical (unpaired) electrons. The van der Waals surface area contributed by atoms with Gasteiger partial charge in [-0.1, -0.05) is 17.7 Å². The molecule has 2 atom stereocenters. The standard InChI is InChI=1S/C17H26N2O/c1-12-9-13(2)17(14(3)10-12)18-16(20)11-19-8-6-5-7-15(19)4/h9-10,15H,5-8,11H2,1-4H3,(H,18,20)/p+1/t15-/m1/s1. The van der Waals surface area contributed by atoms with Crippen LogP contribution in [0.4, 0.5) is 5.69 Å². The summed E-state index contributed by atoms with van der Waals surface area (Å²) in [7, 11) is 0. The first-order chi connectivity index (χ1) is 9.47. The number of nitrogens with one attached hydrogen (secondary N) is 2. The lowest BCUT2D eigenvalue weighted by molar-refractivity contribution is -0.920. The van der Waals surface area contributed by atoms with Gasteiger partial charge in [0.25, 0.3) is 5.91 Å². The normalized spacial score (nSPS) is 22.6. The molecule has 110 valence electrons. The molecule has 1 aromatic carbocycles. The summed E-state index contributed by atoms with van der Waals surface area (Å²) in [6, 6.07) is 4.85. The molecule has 1 aromatic rings. The van der Waals surface area contributed by atoms with Crippen LogP contribution in [-0.4, -0.2) is 25.0 Å². The van der Waals surface area contributed by atoms with Gasteiger partial charge >= 0.3 is 0 Å². The van der Waals surface area contributed by atoms with E-state index in [9.17, 15) is 4.79 Å². The zero-order chi connectivity index (χ0) is 14.7. The molecule has 2 rings (SSSR count). The predicted octanol–water partition coefficient (Wildman–Crippen LogP) is 2.01. The zero-order valence-electron chi connectivity index (χ0n) is 13.2. The number of hydrogen-bond acceptors (Lipinski definition) is 1. The second-order valence-electron chi connectivity index (χ2n) is 6.30. The summed E-state index contributed by atoms with van der Waals surface area (Å²) in [6.07, 6.45) is 3.79. The Morgan fingerprint density at radius 1 is 1.25 bits per heavy atom. The van der Waals surface area contributed by atoms with E-state index in [0.29, 0.717) is 12.6 Å². The van der Waals surface area contributed by atoms with Crippen LogP contribution in [-0.2, 0) is 4.79 Å². The third-order valence-electron chi connectivity index (χ3n) is 4.41. The van der Waals surface area contributed by atoms with E-state index in [-0.39, 0.29) is 5.91 Å². The summed E-state index contributed by atoms with van der Waals surface area (Å²) in [5.41, 5.74) is 4.54. The molecule has 0 aromatic heterocycles. The van der Waals surface area contributed by atoms with Crippen molar-refractivity contribution in [2.45, 2.75) is 53.0 Å². The van der Waals surface area contributed by atoms with Crippen LogP contribution in [0, 0.1) is 20.8 Å². The largest absolute Gasteiger partial charge is 0.325 e. The molecule has 3 nitrogen and oxygen atoms in total. The number of carbonyl (C=O) groups excluding carboxylic acids is 1. The van der Waals surface area contributed by atoms with Crippen LogP contribution in [0.15, 0.2) is 12.1 Å². The summed E-state index contributed by atoms with van der Waals surface area (Å²) < 4.78 is 0. The zero-order valence-corrected chi connectivity index (χ0v) is 13.2. The summed E-state index contributed by atoms with van der Waals surface area (Å²) in [5, 5.41) is 3.11. The first kappa shape index (κ1) is 15.0. The number of likely N-dealkylation sites (tertiary alicyclic amines) is 1. The molecule has 1 amide bonds. The number of benzene rings is 1. The van der Waals surface area contributed by atoms with Gasteiger partial charge in [0.15, 0.2) is 6.54 Å². The van der Waals surface area contributed by atoms with Gasteiger partial charge in [0, 0.05) is 5.69 Å². The summed E-state index contributed by atoms with van der Waals surface area (Å²) >= 11 is 0. The minimum Gasteiger partial charge on any atom is -0.325 e. The van der Waals surface area contributed by atoms with E-state index in [2.05, 4.69) is 45.1 Å². The van der Waals surface area contributed by atoms with Crippen molar-refractivity contribution in [1.82, 2.24) is 0 Å². The van der Waals surface area contributed by atoms with Gasteiger partial charge in [-0.15, -0.1) is 0 Å². The van der Waals surface area contributed by atoms with E-state index < -0.39 is 0 Å². The van der Waals surface area contributed by atoms with Gasteiger partial charge in [-0.25, -0.2) is 0 Å². The molecule has 2 N–H and O–H groups in total. The molecule has 1 aliphatic rings. The van der Waals surface area contributed by atoms with Crippen LogP contribution < -0.4 is 10.2 Å². The molecule has 0 aliphatic carbocycles. The maximum atomic E-state index is 12.3. The Hall–Kier alpha value is -1.35. The first-order valence-corrected chi connectivity index (χ1v) is 7.69. The molecule has 1 unspecified atom stereocenters. The second kappa shape index (κ2) is 6.40. The predicted molar refractivity (Wildman–Crippen MR) is 83.3 cm³/mol. The molecular weight excluding hydrogens is 248 g/mol.